The molecule has 1 aromatic carbocycles. The van der Waals surface area contributed by atoms with Gasteiger partial charge in [-0.2, -0.15) is 16.4 Å². The Morgan fingerprint density at radius 2 is 2.00 bits per heavy atom. The highest BCUT2D eigenvalue weighted by Gasteiger charge is 2.17. The van der Waals surface area contributed by atoms with Gasteiger partial charge in [-0.05, 0) is 28.0 Å². The molecule has 0 saturated heterocycles. The van der Waals surface area contributed by atoms with E-state index in [0.29, 0.717) is 0 Å². The Bertz CT molecular complexity index is 616. The number of aliphatic hydroxyl groups is 1. The largest absolute Gasteiger partial charge is 0.383 e. The van der Waals surface area contributed by atoms with Crippen LogP contribution >= 0.6 is 11.3 Å². The number of aromatic nitrogens is 2. The second-order valence-corrected chi connectivity index (χ2v) is 4.81. The van der Waals surface area contributed by atoms with E-state index in [-0.39, 0.29) is 0 Å². The number of benzene rings is 1. The number of thiophene rings is 1. The van der Waals surface area contributed by atoms with Crippen molar-refractivity contribution in [2.45, 2.75) is 6.10 Å². The van der Waals surface area contributed by atoms with Crippen LogP contribution in [0.3, 0.4) is 0 Å². The Labute approximate surface area is 109 Å². The topological polar surface area (TPSA) is 48.9 Å². The van der Waals surface area contributed by atoms with E-state index in [1.807, 2.05) is 47.2 Å². The van der Waals surface area contributed by atoms with E-state index >= 15 is 0 Å². The first-order valence-electron chi connectivity index (χ1n) is 5.65. The molecule has 1 atom stereocenters. The third kappa shape index (κ3) is 1.96. The zero-order valence-electron chi connectivity index (χ0n) is 9.58. The van der Waals surface area contributed by atoms with Crippen LogP contribution in [0.15, 0.2) is 53.4 Å². The van der Waals surface area contributed by atoms with Gasteiger partial charge in [0.1, 0.15) is 6.10 Å². The predicted octanol–water partition coefficient (Wildman–Crippen LogP) is 3.22. The number of aliphatic hydroxyl groups excluding tert-OH is 1. The molecular weight excluding hydrogens is 244 g/mol. The number of hydrogen-bond acceptors (Lipinski definition) is 3. The minimum absolute atomic E-state index is 0.634. The van der Waals surface area contributed by atoms with Gasteiger partial charge in [0.25, 0.3) is 0 Å². The summed E-state index contributed by atoms with van der Waals surface area (Å²) in [5, 5.41) is 21.3. The monoisotopic (exact) mass is 256 g/mol. The third-order valence-corrected chi connectivity index (χ3v) is 3.59. The number of H-pyrrole nitrogens is 1. The first-order chi connectivity index (χ1) is 8.86. The van der Waals surface area contributed by atoms with Gasteiger partial charge in [-0.1, -0.05) is 30.3 Å². The van der Waals surface area contributed by atoms with Gasteiger partial charge in [0.15, 0.2) is 0 Å². The number of nitrogens with one attached hydrogen (secondary N) is 1. The Morgan fingerprint density at radius 3 is 2.72 bits per heavy atom. The second-order valence-electron chi connectivity index (χ2n) is 4.03. The lowest BCUT2D eigenvalue weighted by molar-refractivity contribution is 0.221. The van der Waals surface area contributed by atoms with Gasteiger partial charge in [-0.25, -0.2) is 0 Å². The highest BCUT2D eigenvalue weighted by atomic mass is 32.1. The van der Waals surface area contributed by atoms with E-state index < -0.39 is 6.10 Å². The lowest BCUT2D eigenvalue weighted by Crippen LogP contribution is -1.98. The summed E-state index contributed by atoms with van der Waals surface area (Å²) in [7, 11) is 0. The van der Waals surface area contributed by atoms with Crippen LogP contribution in [0, 0.1) is 0 Å². The molecule has 18 heavy (non-hydrogen) atoms. The standard InChI is InChI=1S/C14H12N2OS/c17-14(11-6-7-18-9-11)12-8-15-16-13(12)10-4-2-1-3-5-10/h1-9,14,17H,(H,15,16). The minimum Gasteiger partial charge on any atom is -0.383 e. The summed E-state index contributed by atoms with van der Waals surface area (Å²) in [5.41, 5.74) is 3.60. The molecular formula is C14H12N2OS. The van der Waals surface area contributed by atoms with Crippen LogP contribution < -0.4 is 0 Å². The van der Waals surface area contributed by atoms with Crippen molar-refractivity contribution < 1.29 is 5.11 Å². The van der Waals surface area contributed by atoms with Crippen molar-refractivity contribution in [2.24, 2.45) is 0 Å². The summed E-state index contributed by atoms with van der Waals surface area (Å²) in [6.07, 6.45) is 1.05. The van der Waals surface area contributed by atoms with Crippen LogP contribution in [0.25, 0.3) is 11.3 Å². The van der Waals surface area contributed by atoms with E-state index in [1.54, 1.807) is 17.5 Å². The van der Waals surface area contributed by atoms with Crippen molar-refractivity contribution >= 4 is 11.3 Å². The average molecular weight is 256 g/mol. The maximum absolute atomic E-state index is 10.4. The molecule has 0 saturated carbocycles. The van der Waals surface area contributed by atoms with E-state index in [0.717, 1.165) is 22.4 Å². The molecule has 0 fully saturated rings. The van der Waals surface area contributed by atoms with E-state index in [4.69, 9.17) is 0 Å². The maximum atomic E-state index is 10.4. The molecule has 3 nitrogen and oxygen atoms in total. The first kappa shape index (κ1) is 11.2. The van der Waals surface area contributed by atoms with E-state index in [2.05, 4.69) is 10.2 Å². The molecule has 3 aromatic rings. The van der Waals surface area contributed by atoms with Crippen molar-refractivity contribution in [3.05, 3.63) is 64.5 Å². The molecule has 0 spiro atoms. The lowest BCUT2D eigenvalue weighted by Gasteiger charge is -2.09. The molecule has 0 aliphatic rings. The summed E-state index contributed by atoms with van der Waals surface area (Å²) >= 11 is 1.58. The second kappa shape index (κ2) is 4.76. The van der Waals surface area contributed by atoms with Gasteiger partial charge in [0.05, 0.1) is 11.9 Å². The number of rotatable bonds is 3. The fourth-order valence-electron chi connectivity index (χ4n) is 1.95. The SMILES string of the molecule is OC(c1ccsc1)c1cn[nH]c1-c1ccccc1. The Balaban J connectivity index is 2.02. The van der Waals surface area contributed by atoms with Crippen LogP contribution in [0.1, 0.15) is 17.2 Å². The molecule has 2 heterocycles. The lowest BCUT2D eigenvalue weighted by atomic mass is 10.0. The smallest absolute Gasteiger partial charge is 0.108 e. The maximum Gasteiger partial charge on any atom is 0.108 e. The van der Waals surface area contributed by atoms with Gasteiger partial charge in [0.2, 0.25) is 0 Å². The van der Waals surface area contributed by atoms with Crippen molar-refractivity contribution in [1.29, 1.82) is 0 Å². The molecule has 2 N–H and O–H groups in total. The number of nitrogens with zero attached hydrogens (tertiary/aromatic N) is 1. The fourth-order valence-corrected chi connectivity index (χ4v) is 2.63. The predicted molar refractivity (Wildman–Crippen MR) is 72.4 cm³/mol. The van der Waals surface area contributed by atoms with Gasteiger partial charge < -0.3 is 5.11 Å². The molecule has 2 aromatic heterocycles. The molecule has 0 radical (unpaired) electrons. The highest BCUT2D eigenvalue weighted by Crippen LogP contribution is 2.30. The fraction of sp³-hybridized carbons (Fsp3) is 0.0714. The first-order valence-corrected chi connectivity index (χ1v) is 6.59. The molecule has 1 unspecified atom stereocenters. The summed E-state index contributed by atoms with van der Waals surface area (Å²) in [6, 6.07) is 11.8. The normalized spacial score (nSPS) is 12.5. The average Bonchev–Trinajstić information content (AvgIpc) is 3.10. The van der Waals surface area contributed by atoms with Crippen LogP contribution in [0.4, 0.5) is 0 Å². The zero-order valence-corrected chi connectivity index (χ0v) is 10.4. The molecule has 0 bridgehead atoms. The number of hydrogen-bond donors (Lipinski definition) is 2. The van der Waals surface area contributed by atoms with Gasteiger partial charge in [-0.15, -0.1) is 0 Å². The van der Waals surface area contributed by atoms with Crippen molar-refractivity contribution in [1.82, 2.24) is 10.2 Å². The molecule has 0 amide bonds. The van der Waals surface area contributed by atoms with Crippen molar-refractivity contribution in [3.8, 4) is 11.3 Å². The van der Waals surface area contributed by atoms with Crippen LogP contribution in [-0.4, -0.2) is 15.3 Å². The molecule has 0 aliphatic carbocycles. The highest BCUT2D eigenvalue weighted by molar-refractivity contribution is 7.07. The van der Waals surface area contributed by atoms with Crippen LogP contribution in [0.5, 0.6) is 0 Å². The third-order valence-electron chi connectivity index (χ3n) is 2.88. The Kier molecular flexibility index (Phi) is 2.96. The van der Waals surface area contributed by atoms with E-state index in [1.165, 1.54) is 0 Å². The zero-order chi connectivity index (χ0) is 12.4. The number of aromatic amines is 1. The van der Waals surface area contributed by atoms with Gasteiger partial charge >= 0.3 is 0 Å². The summed E-state index contributed by atoms with van der Waals surface area (Å²) in [5.74, 6) is 0. The van der Waals surface area contributed by atoms with Crippen LogP contribution in [-0.2, 0) is 0 Å². The molecule has 4 heteroatoms. The van der Waals surface area contributed by atoms with E-state index in [9.17, 15) is 5.11 Å². The Morgan fingerprint density at radius 1 is 1.17 bits per heavy atom. The van der Waals surface area contributed by atoms with Crippen molar-refractivity contribution in [2.75, 3.05) is 0 Å². The molecule has 90 valence electrons. The molecule has 0 aliphatic heterocycles. The van der Waals surface area contributed by atoms with Crippen LogP contribution in [0.2, 0.25) is 0 Å². The quantitative estimate of drug-likeness (QED) is 0.756. The summed E-state index contributed by atoms with van der Waals surface area (Å²) in [4.78, 5) is 0. The summed E-state index contributed by atoms with van der Waals surface area (Å²) < 4.78 is 0. The minimum atomic E-state index is -0.634. The van der Waals surface area contributed by atoms with Crippen molar-refractivity contribution in [3.63, 3.8) is 0 Å². The molecule has 3 rings (SSSR count). The van der Waals surface area contributed by atoms with Gasteiger partial charge in [0, 0.05) is 5.56 Å². The van der Waals surface area contributed by atoms with Gasteiger partial charge in [-0.3, -0.25) is 5.10 Å². The summed E-state index contributed by atoms with van der Waals surface area (Å²) in [6.45, 7) is 0. The Hall–Kier alpha value is -1.91.